The van der Waals surface area contributed by atoms with Gasteiger partial charge in [0.1, 0.15) is 0 Å². The van der Waals surface area contributed by atoms with Gasteiger partial charge in [-0.3, -0.25) is 9.59 Å². The summed E-state index contributed by atoms with van der Waals surface area (Å²) in [7, 11) is 1.39. The number of alkyl halides is 6. The molecule has 3 nitrogen and oxygen atoms in total. The number of halogens is 7. The van der Waals surface area contributed by atoms with Crippen molar-refractivity contribution in [2.75, 3.05) is 7.05 Å². The van der Waals surface area contributed by atoms with Gasteiger partial charge in [-0.25, -0.2) is 0 Å². The maximum Gasteiger partial charge on any atom is 0.273 e. The molecule has 0 aliphatic heterocycles. The van der Waals surface area contributed by atoms with E-state index in [1.165, 1.54) is 7.05 Å². The molecule has 1 amide bonds. The van der Waals surface area contributed by atoms with Gasteiger partial charge in [-0.15, -0.1) is 0 Å². The molecule has 112 valence electrons. The molecule has 0 atom stereocenters. The van der Waals surface area contributed by atoms with Gasteiger partial charge in [-0.05, 0) is 11.6 Å². The second-order valence-corrected chi connectivity index (χ2v) is 6.75. The maximum atomic E-state index is 10.3. The lowest BCUT2D eigenvalue weighted by molar-refractivity contribution is -0.119. The first-order valence-electron chi connectivity index (χ1n) is 3.98. The summed E-state index contributed by atoms with van der Waals surface area (Å²) in [6, 6.07) is 0. The van der Waals surface area contributed by atoms with Gasteiger partial charge in [0.05, 0.1) is 0 Å². The van der Waals surface area contributed by atoms with E-state index in [1.54, 1.807) is 0 Å². The Morgan fingerprint density at radius 1 is 0.889 bits per heavy atom. The molecule has 0 saturated heterocycles. The summed E-state index contributed by atoms with van der Waals surface area (Å²) < 4.78 is -3.78. The summed E-state index contributed by atoms with van der Waals surface area (Å²) in [5, 5.41) is 1.18. The molecule has 0 aromatic heterocycles. The Bertz CT molecular complexity index is 235. The molecule has 1 N–H and O–H groups in total. The highest BCUT2D eigenvalue weighted by Gasteiger charge is 2.29. The number of hydrogen-bond donors (Lipinski definition) is 1. The summed E-state index contributed by atoms with van der Waals surface area (Å²) >= 11 is 34.8. The molecule has 0 aromatic carbocycles. The number of nitrogens with one attached hydrogen (secondary N) is 1. The third-order valence-electron chi connectivity index (χ3n) is 0.707. The van der Waals surface area contributed by atoms with Crippen LogP contribution in [0, 0.1) is 0 Å². The van der Waals surface area contributed by atoms with E-state index in [4.69, 9.17) is 81.2 Å². The Balaban J connectivity index is -0.0000000916. The van der Waals surface area contributed by atoms with Crippen LogP contribution in [0.3, 0.4) is 0 Å². The Morgan fingerprint density at radius 2 is 1.11 bits per heavy atom. The fraction of sp³-hybridized carbons (Fsp3) is 0.750. The van der Waals surface area contributed by atoms with E-state index in [0.29, 0.717) is 0 Å². The number of carbonyl (C=O) groups is 2. The summed E-state index contributed by atoms with van der Waals surface area (Å²) in [6.45, 7) is 4.00. The molecule has 0 radical (unpaired) electrons. The molecule has 18 heavy (non-hydrogen) atoms. The number of hydrogen-bond acceptors (Lipinski definition) is 2. The zero-order chi connectivity index (χ0) is 14.9. The highest BCUT2D eigenvalue weighted by atomic mass is 35.6. The van der Waals surface area contributed by atoms with Crippen LogP contribution in [-0.2, 0) is 9.59 Å². The summed E-state index contributed by atoms with van der Waals surface area (Å²) in [4.78, 5) is 20.2. The third kappa shape index (κ3) is 19.5. The average Bonchev–Trinajstić information content (AvgIpc) is 2.17. The van der Waals surface area contributed by atoms with Crippen LogP contribution in [-0.4, -0.2) is 25.8 Å². The van der Waals surface area contributed by atoms with Crippen LogP contribution in [0.4, 0.5) is 0 Å². The van der Waals surface area contributed by atoms with Crippen molar-refractivity contribution < 1.29 is 9.59 Å². The van der Waals surface area contributed by atoms with Crippen molar-refractivity contribution in [2.45, 2.75) is 28.9 Å². The van der Waals surface area contributed by atoms with Gasteiger partial charge < -0.3 is 5.32 Å². The van der Waals surface area contributed by atoms with E-state index in [-0.39, 0.29) is 7.43 Å². The largest absolute Gasteiger partial charge is 0.355 e. The predicted molar refractivity (Wildman–Crippen MR) is 83.6 cm³/mol. The fourth-order valence-corrected chi connectivity index (χ4v) is 0.425. The minimum atomic E-state index is -1.96. The van der Waals surface area contributed by atoms with E-state index < -0.39 is 18.7 Å². The number of rotatable bonds is 0. The van der Waals surface area contributed by atoms with Crippen LogP contribution in [0.25, 0.3) is 0 Å². The Hall–Kier alpha value is 1.17. The van der Waals surface area contributed by atoms with Crippen molar-refractivity contribution in [3.8, 4) is 0 Å². The van der Waals surface area contributed by atoms with Crippen molar-refractivity contribution in [3.63, 3.8) is 0 Å². The maximum absolute atomic E-state index is 10.3. The molecule has 0 aromatic rings. The number of amides is 1. The molecule has 0 rings (SSSR count). The fourth-order valence-electron chi connectivity index (χ4n) is 0.142. The van der Waals surface area contributed by atoms with Gasteiger partial charge in [0.25, 0.3) is 18.7 Å². The topological polar surface area (TPSA) is 46.2 Å². The quantitative estimate of drug-likeness (QED) is 0.462. The highest BCUT2D eigenvalue weighted by Crippen LogP contribution is 2.28. The smallest absolute Gasteiger partial charge is 0.273 e. The van der Waals surface area contributed by atoms with Crippen LogP contribution < -0.4 is 5.32 Å². The van der Waals surface area contributed by atoms with E-state index in [9.17, 15) is 9.59 Å². The van der Waals surface area contributed by atoms with Crippen LogP contribution in [0.1, 0.15) is 21.3 Å². The lowest BCUT2D eigenvalue weighted by atomic mass is 10.7. The zero-order valence-electron chi connectivity index (χ0n) is 8.96. The van der Waals surface area contributed by atoms with Crippen molar-refractivity contribution in [3.05, 3.63) is 0 Å². The predicted octanol–water partition coefficient (Wildman–Crippen LogP) is 4.89. The van der Waals surface area contributed by atoms with Gasteiger partial charge in [-0.1, -0.05) is 90.9 Å². The van der Waals surface area contributed by atoms with Crippen molar-refractivity contribution >= 4 is 92.4 Å². The minimum Gasteiger partial charge on any atom is -0.355 e. The van der Waals surface area contributed by atoms with Crippen LogP contribution in [0.15, 0.2) is 0 Å². The Labute approximate surface area is 142 Å². The lowest BCUT2D eigenvalue weighted by Gasteiger charge is -2.06. The average molecular weight is 404 g/mol. The Kier molecular flexibility index (Phi) is 20.1. The van der Waals surface area contributed by atoms with Crippen molar-refractivity contribution in [1.29, 1.82) is 0 Å². The standard InChI is InChI=1S/C3H4Cl3NO.C2Cl4O.C2H6.CH4/c1-7-2(8)3(4,5)6;3-1(7)2(4,5)6;1-2;/h1H3,(H,7,8);;1-2H3;1H4. The van der Waals surface area contributed by atoms with Crippen LogP contribution in [0.5, 0.6) is 0 Å². The van der Waals surface area contributed by atoms with E-state index in [0.717, 1.165) is 0 Å². The van der Waals surface area contributed by atoms with Gasteiger partial charge in [0.2, 0.25) is 0 Å². The molecule has 0 bridgehead atoms. The van der Waals surface area contributed by atoms with Gasteiger partial charge in [-0.2, -0.15) is 0 Å². The molecule has 0 heterocycles. The van der Waals surface area contributed by atoms with Crippen LogP contribution >= 0.6 is 81.2 Å². The molecule has 0 unspecified atom stereocenters. The highest BCUT2D eigenvalue weighted by molar-refractivity contribution is 6.88. The SMILES string of the molecule is C.CC.CNC(=O)C(Cl)(Cl)Cl.O=C(Cl)C(Cl)(Cl)Cl. The number of carbonyl (C=O) groups excluding carboxylic acids is 2. The molecular formula is C8H14Cl7NO2. The Morgan fingerprint density at radius 3 is 1.11 bits per heavy atom. The molecule has 0 fully saturated rings. The lowest BCUT2D eigenvalue weighted by Crippen LogP contribution is -2.31. The monoisotopic (exact) mass is 401 g/mol. The van der Waals surface area contributed by atoms with E-state index in [1.807, 2.05) is 13.8 Å². The summed E-state index contributed by atoms with van der Waals surface area (Å²) in [6.07, 6.45) is 0. The van der Waals surface area contributed by atoms with Gasteiger partial charge in [0.15, 0.2) is 0 Å². The minimum absolute atomic E-state index is 0. The van der Waals surface area contributed by atoms with E-state index in [2.05, 4.69) is 5.32 Å². The zero-order valence-corrected chi connectivity index (χ0v) is 14.3. The normalized spacial score (nSPS) is 9.67. The van der Waals surface area contributed by atoms with Gasteiger partial charge in [0, 0.05) is 7.05 Å². The first-order valence-corrected chi connectivity index (χ1v) is 6.63. The van der Waals surface area contributed by atoms with Crippen molar-refractivity contribution in [1.82, 2.24) is 5.32 Å². The summed E-state index contributed by atoms with van der Waals surface area (Å²) in [5.41, 5.74) is 0. The summed E-state index contributed by atoms with van der Waals surface area (Å²) in [5.74, 6) is -0.623. The van der Waals surface area contributed by atoms with Crippen molar-refractivity contribution in [2.24, 2.45) is 0 Å². The molecule has 0 spiro atoms. The first-order chi connectivity index (χ1) is 7.42. The molecule has 0 aliphatic rings. The molecule has 0 saturated carbocycles. The molecule has 0 aliphatic carbocycles. The van der Waals surface area contributed by atoms with Gasteiger partial charge >= 0.3 is 0 Å². The van der Waals surface area contributed by atoms with E-state index >= 15 is 0 Å². The second-order valence-electron chi connectivity index (χ2n) is 1.85. The third-order valence-corrected chi connectivity index (χ3v) is 2.31. The first kappa shape index (κ1) is 27.5. The second kappa shape index (κ2) is 13.2. The molecule has 10 heteroatoms. The molecular weight excluding hydrogens is 390 g/mol. The van der Waals surface area contributed by atoms with Crippen LogP contribution in [0.2, 0.25) is 0 Å².